The zero-order valence-corrected chi connectivity index (χ0v) is 8.11. The molecule has 1 atom stereocenters. The molecule has 1 N–H and O–H groups in total. The normalized spacial score (nSPS) is 42.9. The third-order valence-electron chi connectivity index (χ3n) is 3.68. The largest absolute Gasteiger partial charge is 0.306 e. The summed E-state index contributed by atoms with van der Waals surface area (Å²) in [5, 5.41) is 0. The Hall–Kier alpha value is 0.110. The van der Waals surface area contributed by atoms with Gasteiger partial charge < -0.3 is 4.55 Å². The summed E-state index contributed by atoms with van der Waals surface area (Å²) < 4.78 is 19.7. The van der Waals surface area contributed by atoms with Gasteiger partial charge in [0.15, 0.2) is 11.1 Å². The third-order valence-corrected chi connectivity index (χ3v) is 4.54. The number of fused-ring (bicyclic) bond motifs is 3. The molecule has 3 heteroatoms. The summed E-state index contributed by atoms with van der Waals surface area (Å²) in [5.74, 6) is 1.47. The molecule has 0 aromatic heterocycles. The molecule has 70 valence electrons. The van der Waals surface area contributed by atoms with Crippen LogP contribution in [0, 0.1) is 11.3 Å². The average molecular weight is 188 g/mol. The monoisotopic (exact) mass is 188 g/mol. The van der Waals surface area contributed by atoms with E-state index in [2.05, 4.69) is 0 Å². The second kappa shape index (κ2) is 3.11. The predicted octanol–water partition coefficient (Wildman–Crippen LogP) is 2.18. The first-order valence-corrected chi connectivity index (χ1v) is 6.05. The van der Waals surface area contributed by atoms with Gasteiger partial charge in [0.2, 0.25) is 0 Å². The summed E-state index contributed by atoms with van der Waals surface area (Å²) in [6.45, 7) is 0. The molecule has 2 bridgehead atoms. The van der Waals surface area contributed by atoms with E-state index in [1.165, 1.54) is 38.5 Å². The van der Waals surface area contributed by atoms with Crippen molar-refractivity contribution in [1.29, 1.82) is 0 Å². The molecule has 0 amide bonds. The van der Waals surface area contributed by atoms with Crippen LogP contribution in [-0.4, -0.2) is 14.5 Å². The number of hydrogen-bond acceptors (Lipinski definition) is 1. The van der Waals surface area contributed by atoms with Crippen LogP contribution in [0.25, 0.3) is 0 Å². The van der Waals surface area contributed by atoms with Gasteiger partial charge in [-0.05, 0) is 49.9 Å². The van der Waals surface area contributed by atoms with E-state index in [4.69, 9.17) is 4.55 Å². The molecule has 1 unspecified atom stereocenters. The molecule has 3 rings (SSSR count). The Morgan fingerprint density at radius 2 is 1.75 bits per heavy atom. The van der Waals surface area contributed by atoms with Crippen LogP contribution in [0.3, 0.4) is 0 Å². The van der Waals surface area contributed by atoms with E-state index in [0.717, 1.165) is 5.92 Å². The first-order chi connectivity index (χ1) is 5.70. The maximum Gasteiger partial charge on any atom is 0.153 e. The lowest BCUT2D eigenvalue weighted by atomic mass is 9.62. The van der Waals surface area contributed by atoms with E-state index in [0.29, 0.717) is 5.75 Å². The molecule has 12 heavy (non-hydrogen) atoms. The topological polar surface area (TPSA) is 37.3 Å². The van der Waals surface area contributed by atoms with E-state index in [1.807, 2.05) is 0 Å². The van der Waals surface area contributed by atoms with Gasteiger partial charge in [0.05, 0.1) is 5.75 Å². The van der Waals surface area contributed by atoms with Crippen LogP contribution in [0.1, 0.15) is 38.5 Å². The maximum atomic E-state index is 10.8. The van der Waals surface area contributed by atoms with Gasteiger partial charge in [-0.1, -0.05) is 0 Å². The second-order valence-electron chi connectivity index (χ2n) is 4.45. The van der Waals surface area contributed by atoms with Gasteiger partial charge in [0.25, 0.3) is 0 Å². The minimum absolute atomic E-state index is 0.258. The number of hydrogen-bond donors (Lipinski definition) is 1. The Morgan fingerprint density at radius 3 is 2.17 bits per heavy atom. The van der Waals surface area contributed by atoms with E-state index in [-0.39, 0.29) is 5.41 Å². The smallest absolute Gasteiger partial charge is 0.153 e. The highest BCUT2D eigenvalue weighted by atomic mass is 32.2. The summed E-state index contributed by atoms with van der Waals surface area (Å²) in [4.78, 5) is 0. The van der Waals surface area contributed by atoms with Crippen molar-refractivity contribution in [1.82, 2.24) is 0 Å². The van der Waals surface area contributed by atoms with E-state index in [9.17, 15) is 4.21 Å². The lowest BCUT2D eigenvalue weighted by molar-refractivity contribution is 0.0858. The fraction of sp³-hybridized carbons (Fsp3) is 1.00. The van der Waals surface area contributed by atoms with E-state index < -0.39 is 11.1 Å². The first kappa shape index (κ1) is 8.70. The molecule has 3 fully saturated rings. The highest BCUT2D eigenvalue weighted by Crippen LogP contribution is 2.50. The average Bonchev–Trinajstić information content (AvgIpc) is 2.05. The molecule has 0 aromatic carbocycles. The highest BCUT2D eigenvalue weighted by Gasteiger charge is 2.41. The van der Waals surface area contributed by atoms with Gasteiger partial charge in [-0.2, -0.15) is 0 Å². The predicted molar refractivity (Wildman–Crippen MR) is 49.3 cm³/mol. The standard InChI is InChI=1S/C9H16O2S/c10-12(11)7-9-4-1-8(2-5-9)3-6-9/h8H,1-7H2,(H,10,11). The first-order valence-electron chi connectivity index (χ1n) is 4.78. The third kappa shape index (κ3) is 1.57. The zero-order chi connectivity index (χ0) is 8.60. The van der Waals surface area contributed by atoms with Crippen molar-refractivity contribution in [2.24, 2.45) is 11.3 Å². The summed E-state index contributed by atoms with van der Waals surface area (Å²) >= 11 is -1.58. The molecule has 3 saturated carbocycles. The number of rotatable bonds is 2. The maximum absolute atomic E-state index is 10.8. The Bertz CT molecular complexity index is 181. The van der Waals surface area contributed by atoms with Crippen LogP contribution in [0.15, 0.2) is 0 Å². The Labute approximate surface area is 76.0 Å². The van der Waals surface area contributed by atoms with Crippen molar-refractivity contribution >= 4 is 11.1 Å². The molecule has 0 radical (unpaired) electrons. The molecule has 0 aliphatic heterocycles. The van der Waals surface area contributed by atoms with Crippen molar-refractivity contribution < 1.29 is 8.76 Å². The molecular weight excluding hydrogens is 172 g/mol. The second-order valence-corrected chi connectivity index (χ2v) is 5.38. The van der Waals surface area contributed by atoms with Crippen LogP contribution in [0.2, 0.25) is 0 Å². The quantitative estimate of drug-likeness (QED) is 0.674. The van der Waals surface area contributed by atoms with E-state index in [1.54, 1.807) is 0 Å². The zero-order valence-electron chi connectivity index (χ0n) is 7.29. The van der Waals surface area contributed by atoms with E-state index >= 15 is 0 Å². The van der Waals surface area contributed by atoms with Gasteiger partial charge in [-0.15, -0.1) is 0 Å². The van der Waals surface area contributed by atoms with Crippen LogP contribution < -0.4 is 0 Å². The summed E-state index contributed by atoms with van der Waals surface area (Å²) in [6, 6.07) is 0. The van der Waals surface area contributed by atoms with Crippen LogP contribution in [0.4, 0.5) is 0 Å². The molecule has 0 saturated heterocycles. The van der Waals surface area contributed by atoms with Gasteiger partial charge in [-0.3, -0.25) is 0 Å². The van der Waals surface area contributed by atoms with Gasteiger partial charge in [0.1, 0.15) is 0 Å². The van der Waals surface area contributed by atoms with Crippen molar-refractivity contribution in [2.45, 2.75) is 38.5 Å². The summed E-state index contributed by atoms with van der Waals surface area (Å²) in [6.07, 6.45) is 7.50. The van der Waals surface area contributed by atoms with Crippen LogP contribution in [0.5, 0.6) is 0 Å². The minimum Gasteiger partial charge on any atom is -0.306 e. The lowest BCUT2D eigenvalue weighted by Crippen LogP contribution is -2.37. The SMILES string of the molecule is O=S(O)CC12CCC(CC1)CC2. The van der Waals surface area contributed by atoms with Crippen LogP contribution in [-0.2, 0) is 11.1 Å². The van der Waals surface area contributed by atoms with Crippen molar-refractivity contribution in [3.05, 3.63) is 0 Å². The fourth-order valence-corrected chi connectivity index (χ4v) is 3.77. The van der Waals surface area contributed by atoms with Gasteiger partial charge >= 0.3 is 0 Å². The minimum atomic E-state index is -1.58. The Morgan fingerprint density at radius 1 is 1.25 bits per heavy atom. The van der Waals surface area contributed by atoms with Crippen molar-refractivity contribution in [3.63, 3.8) is 0 Å². The highest BCUT2D eigenvalue weighted by molar-refractivity contribution is 7.79. The lowest BCUT2D eigenvalue weighted by Gasteiger charge is -2.45. The summed E-state index contributed by atoms with van der Waals surface area (Å²) in [7, 11) is 0. The molecular formula is C9H16O2S. The van der Waals surface area contributed by atoms with Crippen molar-refractivity contribution in [3.8, 4) is 0 Å². The summed E-state index contributed by atoms with van der Waals surface area (Å²) in [5.41, 5.74) is 0.258. The van der Waals surface area contributed by atoms with Gasteiger partial charge in [0, 0.05) is 0 Å². The Kier molecular flexibility index (Phi) is 2.25. The molecule has 0 heterocycles. The van der Waals surface area contributed by atoms with Crippen LogP contribution >= 0.6 is 0 Å². The molecule has 0 spiro atoms. The molecule has 0 aromatic rings. The molecule has 3 aliphatic carbocycles. The molecule has 3 aliphatic rings. The van der Waals surface area contributed by atoms with Gasteiger partial charge in [-0.25, -0.2) is 4.21 Å². The fourth-order valence-electron chi connectivity index (χ4n) is 2.82. The molecule has 2 nitrogen and oxygen atoms in total. The van der Waals surface area contributed by atoms with Crippen molar-refractivity contribution in [2.75, 3.05) is 5.75 Å². The Balaban J connectivity index is 2.03.